The first-order chi connectivity index (χ1) is 20.2. The molecule has 0 unspecified atom stereocenters. The van der Waals surface area contributed by atoms with E-state index in [1.165, 1.54) is 4.90 Å². The maximum absolute atomic E-state index is 13.7. The van der Waals surface area contributed by atoms with Crippen LogP contribution < -0.4 is 0 Å². The number of hydrogen-bond donors (Lipinski definition) is 2. The van der Waals surface area contributed by atoms with Crippen LogP contribution in [0.25, 0.3) is 11.6 Å². The summed E-state index contributed by atoms with van der Waals surface area (Å²) in [6.07, 6.45) is 4.01. The van der Waals surface area contributed by atoms with Crippen molar-refractivity contribution in [3.05, 3.63) is 98.3 Å². The van der Waals surface area contributed by atoms with Gasteiger partial charge in [0.15, 0.2) is 0 Å². The summed E-state index contributed by atoms with van der Waals surface area (Å²) in [5.41, 5.74) is 7.09. The number of aromatic hydroxyl groups is 1. The summed E-state index contributed by atoms with van der Waals surface area (Å²) in [6.45, 7) is 6.18. The smallest absolute Gasteiger partial charge is 0.455 e. The van der Waals surface area contributed by atoms with E-state index in [9.17, 15) is 19.7 Å². The second-order valence-electron chi connectivity index (χ2n) is 11.9. The van der Waals surface area contributed by atoms with Gasteiger partial charge < -0.3 is 14.8 Å². The Balaban J connectivity index is 1.28. The standard InChI is InChI=1S/C34H36BNO5S/c1-20-16-27-31(34(39)36(33(27)38)19-26-10-7-13-42-26)28-18-35(40)41-29(30(20)28)12-11-25(24-8-5-4-6-9-24)17-23-14-21(2)32(37)22(3)15-23/h4-10,13-15,17,27-29,31,37,40H,11-12,16,18-19H2,1-3H3/b25-17-/t27-,28+,29-,31-/m1/s1. The minimum absolute atomic E-state index is 0.0943. The van der Waals surface area contributed by atoms with Crippen LogP contribution in [0.15, 0.2) is 71.1 Å². The number of aryl methyl sites for hydroxylation is 2. The summed E-state index contributed by atoms with van der Waals surface area (Å²) in [7, 11) is -0.990. The van der Waals surface area contributed by atoms with Crippen molar-refractivity contribution in [2.75, 3.05) is 0 Å². The predicted octanol–water partition coefficient (Wildman–Crippen LogP) is 6.41. The van der Waals surface area contributed by atoms with Crippen LogP contribution in [0.4, 0.5) is 0 Å². The van der Waals surface area contributed by atoms with Crippen LogP contribution in [0.3, 0.4) is 0 Å². The van der Waals surface area contributed by atoms with Crippen LogP contribution in [0.2, 0.25) is 6.32 Å². The molecule has 6 nitrogen and oxygen atoms in total. The molecule has 3 heterocycles. The van der Waals surface area contributed by atoms with E-state index in [4.69, 9.17) is 4.65 Å². The van der Waals surface area contributed by atoms with Gasteiger partial charge in [-0.1, -0.05) is 48.0 Å². The summed E-state index contributed by atoms with van der Waals surface area (Å²) < 4.78 is 6.17. The fraction of sp³-hybridized carbons (Fsp3) is 0.353. The minimum atomic E-state index is -0.990. The first kappa shape index (κ1) is 28.7. The van der Waals surface area contributed by atoms with Gasteiger partial charge in [0.05, 0.1) is 24.5 Å². The zero-order chi connectivity index (χ0) is 29.5. The molecule has 216 valence electrons. The third kappa shape index (κ3) is 5.39. The number of amides is 2. The Bertz CT molecular complexity index is 1540. The third-order valence-electron chi connectivity index (χ3n) is 9.11. The molecule has 3 aliphatic rings. The van der Waals surface area contributed by atoms with Crippen LogP contribution in [-0.4, -0.2) is 40.1 Å². The van der Waals surface area contributed by atoms with Gasteiger partial charge in [-0.05, 0) is 109 Å². The first-order valence-electron chi connectivity index (χ1n) is 14.7. The molecule has 0 bridgehead atoms. The van der Waals surface area contributed by atoms with Crippen LogP contribution in [0, 0.1) is 31.6 Å². The van der Waals surface area contributed by atoms with Crippen molar-refractivity contribution in [3.63, 3.8) is 0 Å². The SMILES string of the molecule is CC1=C2[C@@H](CC/C(=C/c3cc(C)c(O)c(C)c3)c3ccccc3)OB(O)C[C@@H]2[C@@H]2C(=O)N(Cc3cccs3)C(=O)[C@@H]2C1. The van der Waals surface area contributed by atoms with Gasteiger partial charge in [0, 0.05) is 4.88 Å². The van der Waals surface area contributed by atoms with Crippen LogP contribution in [0.1, 0.15) is 53.3 Å². The Morgan fingerprint density at radius 1 is 1.05 bits per heavy atom. The lowest BCUT2D eigenvalue weighted by Gasteiger charge is -2.42. The molecule has 2 N–H and O–H groups in total. The van der Waals surface area contributed by atoms with E-state index < -0.39 is 13.0 Å². The van der Waals surface area contributed by atoms with Gasteiger partial charge in [0.1, 0.15) is 5.75 Å². The highest BCUT2D eigenvalue weighted by molar-refractivity contribution is 7.09. The molecule has 8 heteroatoms. The Hall–Kier alpha value is -3.46. The zero-order valence-electron chi connectivity index (χ0n) is 24.2. The maximum Gasteiger partial charge on any atom is 0.455 e. The fourth-order valence-corrected chi connectivity index (χ4v) is 7.90. The highest BCUT2D eigenvalue weighted by Gasteiger charge is 2.56. The number of thiophene rings is 1. The Labute approximate surface area is 251 Å². The zero-order valence-corrected chi connectivity index (χ0v) is 25.1. The van der Waals surface area contributed by atoms with Crippen molar-refractivity contribution in [1.29, 1.82) is 0 Å². The lowest BCUT2D eigenvalue weighted by Crippen LogP contribution is -2.46. The lowest BCUT2D eigenvalue weighted by molar-refractivity contribution is -0.140. The van der Waals surface area contributed by atoms with E-state index in [0.717, 1.165) is 43.9 Å². The molecule has 0 radical (unpaired) electrons. The van der Waals surface area contributed by atoms with Gasteiger partial charge in [-0.15, -0.1) is 11.3 Å². The van der Waals surface area contributed by atoms with Crippen molar-refractivity contribution >= 4 is 41.9 Å². The first-order valence-corrected chi connectivity index (χ1v) is 15.6. The second kappa shape index (κ2) is 11.7. The van der Waals surface area contributed by atoms with E-state index in [0.29, 0.717) is 37.9 Å². The molecule has 4 atom stereocenters. The number of benzene rings is 2. The molecular formula is C34H36BNO5S. The summed E-state index contributed by atoms with van der Waals surface area (Å²) in [5, 5.41) is 23.1. The number of hydrogen-bond acceptors (Lipinski definition) is 6. The Morgan fingerprint density at radius 2 is 1.79 bits per heavy atom. The number of likely N-dealkylation sites (tertiary alicyclic amines) is 1. The van der Waals surface area contributed by atoms with Gasteiger partial charge in [-0.3, -0.25) is 14.5 Å². The molecule has 2 aromatic carbocycles. The Morgan fingerprint density at radius 3 is 2.48 bits per heavy atom. The van der Waals surface area contributed by atoms with Gasteiger partial charge in [-0.2, -0.15) is 0 Å². The monoisotopic (exact) mass is 581 g/mol. The third-order valence-corrected chi connectivity index (χ3v) is 9.97. The molecule has 6 rings (SSSR count). The van der Waals surface area contributed by atoms with E-state index in [-0.39, 0.29) is 29.8 Å². The molecule has 1 aliphatic carbocycles. The van der Waals surface area contributed by atoms with Crippen molar-refractivity contribution in [3.8, 4) is 5.75 Å². The van der Waals surface area contributed by atoms with E-state index in [1.54, 1.807) is 11.3 Å². The number of phenolic OH excluding ortho intramolecular Hbond substituents is 1. The molecule has 42 heavy (non-hydrogen) atoms. The fourth-order valence-electron chi connectivity index (χ4n) is 7.21. The van der Waals surface area contributed by atoms with Crippen molar-refractivity contribution in [2.24, 2.45) is 17.8 Å². The van der Waals surface area contributed by atoms with Gasteiger partial charge in [-0.25, -0.2) is 0 Å². The van der Waals surface area contributed by atoms with Gasteiger partial charge in [0.25, 0.3) is 0 Å². The molecule has 2 saturated heterocycles. The molecule has 0 spiro atoms. The number of phenols is 1. The quantitative estimate of drug-likeness (QED) is 0.146. The molecule has 2 fully saturated rings. The minimum Gasteiger partial charge on any atom is -0.507 e. The highest BCUT2D eigenvalue weighted by Crippen LogP contribution is 2.51. The van der Waals surface area contributed by atoms with E-state index >= 15 is 0 Å². The Kier molecular flexibility index (Phi) is 7.96. The van der Waals surface area contributed by atoms with Crippen molar-refractivity contribution in [1.82, 2.24) is 4.90 Å². The summed E-state index contributed by atoms with van der Waals surface area (Å²) in [4.78, 5) is 29.6. The second-order valence-corrected chi connectivity index (χ2v) is 12.9. The number of allylic oxidation sites excluding steroid dienone is 2. The van der Waals surface area contributed by atoms with Gasteiger partial charge in [0.2, 0.25) is 11.8 Å². The van der Waals surface area contributed by atoms with Crippen molar-refractivity contribution in [2.45, 2.75) is 59.0 Å². The molecule has 2 aliphatic heterocycles. The average molecular weight is 582 g/mol. The molecule has 3 aromatic rings. The number of carbonyl (C=O) groups excluding carboxylic acids is 2. The largest absolute Gasteiger partial charge is 0.507 e. The predicted molar refractivity (Wildman–Crippen MR) is 166 cm³/mol. The van der Waals surface area contributed by atoms with Crippen LogP contribution in [0.5, 0.6) is 5.75 Å². The molecular weight excluding hydrogens is 545 g/mol. The normalized spacial score (nSPS) is 24.3. The number of rotatable bonds is 7. The topological polar surface area (TPSA) is 87.1 Å². The van der Waals surface area contributed by atoms with Crippen LogP contribution >= 0.6 is 11.3 Å². The average Bonchev–Trinajstić information content (AvgIpc) is 3.57. The molecule has 2 amide bonds. The van der Waals surface area contributed by atoms with E-state index in [2.05, 4.69) is 25.1 Å². The van der Waals surface area contributed by atoms with Crippen LogP contribution in [-0.2, 0) is 20.8 Å². The number of fused-ring (bicyclic) bond motifs is 3. The summed E-state index contributed by atoms with van der Waals surface area (Å²) in [5.74, 6) is -0.945. The molecule has 0 saturated carbocycles. The summed E-state index contributed by atoms with van der Waals surface area (Å²) >= 11 is 1.55. The number of nitrogens with zero attached hydrogens (tertiary/aromatic N) is 1. The summed E-state index contributed by atoms with van der Waals surface area (Å²) in [6, 6.07) is 18.1. The lowest BCUT2D eigenvalue weighted by atomic mass is 9.58. The number of imide groups is 1. The maximum atomic E-state index is 13.7. The highest BCUT2D eigenvalue weighted by atomic mass is 32.1. The van der Waals surface area contributed by atoms with Crippen molar-refractivity contribution < 1.29 is 24.4 Å². The molecule has 1 aromatic heterocycles. The van der Waals surface area contributed by atoms with E-state index in [1.807, 2.05) is 61.7 Å². The number of carbonyl (C=O) groups is 2. The van der Waals surface area contributed by atoms with Gasteiger partial charge >= 0.3 is 7.12 Å².